The predicted octanol–water partition coefficient (Wildman–Crippen LogP) is 4.37. The van der Waals surface area contributed by atoms with E-state index in [1.807, 2.05) is 48.4 Å². The summed E-state index contributed by atoms with van der Waals surface area (Å²) in [5, 5.41) is 1.14. The predicted molar refractivity (Wildman–Crippen MR) is 136 cm³/mol. The molecule has 1 fully saturated rings. The number of amides is 1. The number of hydrogen-bond acceptors (Lipinski definition) is 6. The third-order valence-electron chi connectivity index (χ3n) is 6.36. The lowest BCUT2D eigenvalue weighted by Gasteiger charge is -2.25. The zero-order valence-corrected chi connectivity index (χ0v) is 20.1. The van der Waals surface area contributed by atoms with Gasteiger partial charge in [0.15, 0.2) is 0 Å². The molecule has 1 aliphatic heterocycles. The quantitative estimate of drug-likeness (QED) is 0.434. The molecule has 1 aliphatic rings. The van der Waals surface area contributed by atoms with Gasteiger partial charge in [-0.3, -0.25) is 14.8 Å². The zero-order valence-electron chi connectivity index (χ0n) is 20.1. The molecule has 7 nitrogen and oxygen atoms in total. The standard InChI is InChI=1S/C28H29N5O2/c1-20-9-10-24(17-30-20)35-27-25(7-5-11-29-27)28(34)33-13-12-32(2)18-22(19-33)14-21-15-23-6-3-4-8-26(23)31-16-21/h3-11,15-17,22H,12-14,18-19H2,1-2H3/t22-/m0/s1. The van der Waals surface area contributed by atoms with E-state index in [4.69, 9.17) is 4.74 Å². The molecule has 5 rings (SSSR count). The first kappa shape index (κ1) is 22.9. The molecular weight excluding hydrogens is 438 g/mol. The second kappa shape index (κ2) is 10.2. The Morgan fingerprint density at radius 2 is 1.89 bits per heavy atom. The first-order valence-electron chi connectivity index (χ1n) is 11.9. The highest BCUT2D eigenvalue weighted by atomic mass is 16.5. The molecule has 0 bridgehead atoms. The summed E-state index contributed by atoms with van der Waals surface area (Å²) in [6.07, 6.45) is 6.10. The lowest BCUT2D eigenvalue weighted by molar-refractivity contribution is 0.0743. The molecule has 0 saturated carbocycles. The summed E-state index contributed by atoms with van der Waals surface area (Å²) >= 11 is 0. The number of pyridine rings is 3. The number of likely N-dealkylation sites (N-methyl/N-ethyl adjacent to an activating group) is 1. The molecule has 4 heterocycles. The second-order valence-corrected chi connectivity index (χ2v) is 9.21. The summed E-state index contributed by atoms with van der Waals surface area (Å²) in [6.45, 7) is 4.97. The number of hydrogen-bond donors (Lipinski definition) is 0. The molecule has 7 heteroatoms. The van der Waals surface area contributed by atoms with Crippen LogP contribution in [0.3, 0.4) is 0 Å². The van der Waals surface area contributed by atoms with Crippen LogP contribution in [-0.4, -0.2) is 63.9 Å². The summed E-state index contributed by atoms with van der Waals surface area (Å²) < 4.78 is 5.95. The van der Waals surface area contributed by atoms with Crippen LogP contribution in [0.25, 0.3) is 10.9 Å². The Labute approximate surface area is 205 Å². The Hall–Kier alpha value is -3.84. The summed E-state index contributed by atoms with van der Waals surface area (Å²) in [6, 6.07) is 17.6. The Balaban J connectivity index is 1.35. The Morgan fingerprint density at radius 3 is 2.74 bits per heavy atom. The van der Waals surface area contributed by atoms with Crippen LogP contribution in [-0.2, 0) is 6.42 Å². The molecule has 0 N–H and O–H groups in total. The van der Waals surface area contributed by atoms with Gasteiger partial charge in [0.25, 0.3) is 5.91 Å². The van der Waals surface area contributed by atoms with E-state index in [-0.39, 0.29) is 11.8 Å². The van der Waals surface area contributed by atoms with Crippen LogP contribution in [0.1, 0.15) is 21.6 Å². The summed E-state index contributed by atoms with van der Waals surface area (Å²) in [4.78, 5) is 31.1. The van der Waals surface area contributed by atoms with Gasteiger partial charge in [0.05, 0.1) is 11.7 Å². The smallest absolute Gasteiger partial charge is 0.259 e. The lowest BCUT2D eigenvalue weighted by atomic mass is 9.98. The maximum atomic E-state index is 13.7. The molecule has 1 saturated heterocycles. The van der Waals surface area contributed by atoms with Crippen LogP contribution in [0.5, 0.6) is 11.6 Å². The van der Waals surface area contributed by atoms with Crippen molar-refractivity contribution >= 4 is 16.8 Å². The zero-order chi connectivity index (χ0) is 24.2. The first-order valence-corrected chi connectivity index (χ1v) is 11.9. The van der Waals surface area contributed by atoms with Crippen LogP contribution in [0, 0.1) is 12.8 Å². The number of carbonyl (C=O) groups excluding carboxylic acids is 1. The highest BCUT2D eigenvalue weighted by molar-refractivity contribution is 5.96. The largest absolute Gasteiger partial charge is 0.437 e. The lowest BCUT2D eigenvalue weighted by Crippen LogP contribution is -2.36. The van der Waals surface area contributed by atoms with Gasteiger partial charge in [-0.1, -0.05) is 18.2 Å². The number of ether oxygens (including phenoxy) is 1. The number of aromatic nitrogens is 3. The van der Waals surface area contributed by atoms with E-state index in [9.17, 15) is 4.79 Å². The first-order chi connectivity index (χ1) is 17.0. The second-order valence-electron chi connectivity index (χ2n) is 9.21. The molecule has 3 aromatic heterocycles. The van der Waals surface area contributed by atoms with Crippen molar-refractivity contribution in [3.63, 3.8) is 0 Å². The Kier molecular flexibility index (Phi) is 6.68. The van der Waals surface area contributed by atoms with Gasteiger partial charge in [-0.05, 0) is 68.3 Å². The fraction of sp³-hybridized carbons (Fsp3) is 0.286. The Bertz CT molecular complexity index is 1320. The van der Waals surface area contributed by atoms with Gasteiger partial charge in [0.1, 0.15) is 11.3 Å². The van der Waals surface area contributed by atoms with Crippen LogP contribution in [0.2, 0.25) is 0 Å². The van der Waals surface area contributed by atoms with Crippen LogP contribution in [0.15, 0.2) is 73.2 Å². The van der Waals surface area contributed by atoms with Crippen molar-refractivity contribution in [3.8, 4) is 11.6 Å². The van der Waals surface area contributed by atoms with E-state index in [1.165, 1.54) is 5.56 Å². The number of nitrogens with zero attached hydrogens (tertiary/aromatic N) is 5. The number of fused-ring (bicyclic) bond motifs is 1. The van der Waals surface area contributed by atoms with E-state index in [0.29, 0.717) is 30.3 Å². The van der Waals surface area contributed by atoms with Crippen molar-refractivity contribution in [2.24, 2.45) is 5.92 Å². The number of aryl methyl sites for hydroxylation is 1. The number of rotatable bonds is 5. The van der Waals surface area contributed by atoms with Gasteiger partial charge in [-0.25, -0.2) is 4.98 Å². The van der Waals surface area contributed by atoms with E-state index in [0.717, 1.165) is 36.1 Å². The maximum Gasteiger partial charge on any atom is 0.259 e. The highest BCUT2D eigenvalue weighted by Crippen LogP contribution is 2.25. The topological polar surface area (TPSA) is 71.5 Å². The molecule has 4 aromatic rings. The number of para-hydroxylation sites is 1. The highest BCUT2D eigenvalue weighted by Gasteiger charge is 2.27. The average molecular weight is 468 g/mol. The van der Waals surface area contributed by atoms with Crippen molar-refractivity contribution < 1.29 is 9.53 Å². The van der Waals surface area contributed by atoms with Crippen LogP contribution < -0.4 is 4.74 Å². The summed E-state index contributed by atoms with van der Waals surface area (Å²) in [7, 11) is 2.11. The average Bonchev–Trinajstić information content (AvgIpc) is 3.06. The third kappa shape index (κ3) is 5.46. The SMILES string of the molecule is Cc1ccc(Oc2ncccc2C(=O)N2CCN(C)C[C@H](Cc3cnc4ccccc4c3)C2)cn1. The van der Waals surface area contributed by atoms with Crippen molar-refractivity contribution in [1.29, 1.82) is 0 Å². The van der Waals surface area contributed by atoms with E-state index >= 15 is 0 Å². The van der Waals surface area contributed by atoms with Gasteiger partial charge in [-0.2, -0.15) is 0 Å². The molecule has 1 aromatic carbocycles. The van der Waals surface area contributed by atoms with Crippen molar-refractivity contribution in [1.82, 2.24) is 24.8 Å². The molecule has 1 amide bonds. The van der Waals surface area contributed by atoms with Crippen molar-refractivity contribution in [2.45, 2.75) is 13.3 Å². The normalized spacial score (nSPS) is 16.7. The molecule has 0 radical (unpaired) electrons. The molecule has 0 aliphatic carbocycles. The van der Waals surface area contributed by atoms with Crippen LogP contribution >= 0.6 is 0 Å². The fourth-order valence-corrected chi connectivity index (χ4v) is 4.59. The summed E-state index contributed by atoms with van der Waals surface area (Å²) in [5.41, 5.74) is 3.55. The molecule has 35 heavy (non-hydrogen) atoms. The number of carbonyl (C=O) groups is 1. The van der Waals surface area contributed by atoms with Gasteiger partial charge in [0.2, 0.25) is 5.88 Å². The van der Waals surface area contributed by atoms with Gasteiger partial charge < -0.3 is 14.5 Å². The minimum absolute atomic E-state index is 0.0647. The summed E-state index contributed by atoms with van der Waals surface area (Å²) in [5.74, 6) is 1.08. The monoisotopic (exact) mass is 467 g/mol. The van der Waals surface area contributed by atoms with Crippen molar-refractivity contribution in [2.75, 3.05) is 33.2 Å². The van der Waals surface area contributed by atoms with E-state index in [1.54, 1.807) is 24.5 Å². The van der Waals surface area contributed by atoms with E-state index in [2.05, 4.69) is 39.0 Å². The van der Waals surface area contributed by atoms with Gasteiger partial charge in [0, 0.05) is 49.7 Å². The van der Waals surface area contributed by atoms with Gasteiger partial charge in [-0.15, -0.1) is 0 Å². The molecule has 0 unspecified atom stereocenters. The minimum Gasteiger partial charge on any atom is -0.437 e. The fourth-order valence-electron chi connectivity index (χ4n) is 4.59. The van der Waals surface area contributed by atoms with E-state index < -0.39 is 0 Å². The third-order valence-corrected chi connectivity index (χ3v) is 6.36. The maximum absolute atomic E-state index is 13.7. The van der Waals surface area contributed by atoms with Crippen molar-refractivity contribution in [3.05, 3.63) is 90.0 Å². The minimum atomic E-state index is -0.0647. The van der Waals surface area contributed by atoms with Crippen LogP contribution in [0.4, 0.5) is 0 Å². The van der Waals surface area contributed by atoms with Gasteiger partial charge >= 0.3 is 0 Å². The molecular formula is C28H29N5O2. The molecule has 178 valence electrons. The Morgan fingerprint density at radius 1 is 1.00 bits per heavy atom. The molecule has 1 atom stereocenters. The molecule has 0 spiro atoms. The number of benzene rings is 1.